The predicted molar refractivity (Wildman–Crippen MR) is 111 cm³/mol. The normalized spacial score (nSPS) is 15.7. The molecule has 1 N–H and O–H groups in total. The van der Waals surface area contributed by atoms with Gasteiger partial charge < -0.3 is 14.8 Å². The molecule has 0 atom stereocenters. The molecular formula is C21H26N2O5S. The summed E-state index contributed by atoms with van der Waals surface area (Å²) < 4.78 is 37.6. The molecule has 0 spiro atoms. The van der Waals surface area contributed by atoms with Crippen LogP contribution in [0.25, 0.3) is 0 Å². The van der Waals surface area contributed by atoms with E-state index in [1.165, 1.54) is 42.8 Å². The third kappa shape index (κ3) is 4.71. The number of piperidine rings is 1. The lowest BCUT2D eigenvalue weighted by Crippen LogP contribution is -2.37. The molecule has 29 heavy (non-hydrogen) atoms. The van der Waals surface area contributed by atoms with Crippen molar-refractivity contribution in [2.24, 2.45) is 5.92 Å². The van der Waals surface area contributed by atoms with Gasteiger partial charge in [-0.3, -0.25) is 4.79 Å². The second kappa shape index (κ2) is 8.84. The Kier molecular flexibility index (Phi) is 6.44. The van der Waals surface area contributed by atoms with Gasteiger partial charge in [0.1, 0.15) is 11.5 Å². The maximum absolute atomic E-state index is 12.8. The van der Waals surface area contributed by atoms with Crippen LogP contribution in [0.2, 0.25) is 0 Å². The summed E-state index contributed by atoms with van der Waals surface area (Å²) in [6, 6.07) is 11.1. The Morgan fingerprint density at radius 2 is 1.69 bits per heavy atom. The number of benzene rings is 2. The lowest BCUT2D eigenvalue weighted by Gasteiger charge is -2.29. The molecule has 0 bridgehead atoms. The Bertz CT molecular complexity index is 965. The van der Waals surface area contributed by atoms with Crippen molar-refractivity contribution >= 4 is 21.6 Å². The van der Waals surface area contributed by atoms with Gasteiger partial charge >= 0.3 is 0 Å². The fourth-order valence-electron chi connectivity index (χ4n) is 3.26. The highest BCUT2D eigenvalue weighted by atomic mass is 32.2. The van der Waals surface area contributed by atoms with Crippen LogP contribution in [0, 0.1) is 5.92 Å². The fourth-order valence-corrected chi connectivity index (χ4v) is 4.73. The molecule has 1 saturated heterocycles. The smallest absolute Gasteiger partial charge is 0.255 e. The predicted octanol–water partition coefficient (Wildman–Crippen LogP) is 3.38. The number of nitrogens with one attached hydrogen (secondary N) is 1. The number of methoxy groups -OCH3 is 2. The van der Waals surface area contributed by atoms with E-state index >= 15 is 0 Å². The number of carbonyl (C=O) groups excluding carboxylic acids is 1. The van der Waals surface area contributed by atoms with Crippen molar-refractivity contribution < 1.29 is 22.7 Å². The molecule has 2 aromatic rings. The van der Waals surface area contributed by atoms with Gasteiger partial charge in [-0.1, -0.05) is 6.92 Å². The van der Waals surface area contributed by atoms with Gasteiger partial charge in [0.15, 0.2) is 0 Å². The van der Waals surface area contributed by atoms with Gasteiger partial charge in [-0.25, -0.2) is 8.42 Å². The van der Waals surface area contributed by atoms with Gasteiger partial charge in [0.2, 0.25) is 10.0 Å². The first-order valence-electron chi connectivity index (χ1n) is 9.48. The summed E-state index contributed by atoms with van der Waals surface area (Å²) in [7, 11) is -0.492. The number of hydrogen-bond acceptors (Lipinski definition) is 5. The third-order valence-electron chi connectivity index (χ3n) is 5.15. The SMILES string of the molecule is COc1ccc(OC)c(NC(=O)c2ccc(S(=O)(=O)N3CCC(C)CC3)cc2)c1. The van der Waals surface area contributed by atoms with Gasteiger partial charge in [0.05, 0.1) is 24.8 Å². The first kappa shape index (κ1) is 21.1. The van der Waals surface area contributed by atoms with Crippen molar-refractivity contribution in [3.63, 3.8) is 0 Å². The Balaban J connectivity index is 1.75. The lowest BCUT2D eigenvalue weighted by molar-refractivity contribution is 0.102. The first-order valence-corrected chi connectivity index (χ1v) is 10.9. The van der Waals surface area contributed by atoms with Crippen LogP contribution in [-0.2, 0) is 10.0 Å². The number of rotatable bonds is 6. The molecule has 0 aromatic heterocycles. The Hall–Kier alpha value is -2.58. The van der Waals surface area contributed by atoms with Crippen LogP contribution >= 0.6 is 0 Å². The average molecular weight is 419 g/mol. The number of ether oxygens (including phenoxy) is 2. The van der Waals surface area contributed by atoms with E-state index in [0.29, 0.717) is 41.8 Å². The number of amides is 1. The minimum absolute atomic E-state index is 0.197. The zero-order valence-electron chi connectivity index (χ0n) is 16.8. The fraction of sp³-hybridized carbons (Fsp3) is 0.381. The summed E-state index contributed by atoms with van der Waals surface area (Å²) in [5, 5.41) is 2.78. The monoisotopic (exact) mass is 418 g/mol. The second-order valence-corrected chi connectivity index (χ2v) is 9.07. The molecule has 8 heteroatoms. The van der Waals surface area contributed by atoms with Crippen LogP contribution in [0.3, 0.4) is 0 Å². The molecule has 1 heterocycles. The number of carbonyl (C=O) groups is 1. The Morgan fingerprint density at radius 3 is 2.28 bits per heavy atom. The number of sulfonamides is 1. The molecule has 7 nitrogen and oxygen atoms in total. The van der Waals surface area contributed by atoms with Gasteiger partial charge in [-0.05, 0) is 55.2 Å². The van der Waals surface area contributed by atoms with E-state index in [9.17, 15) is 13.2 Å². The molecular weight excluding hydrogens is 392 g/mol. The molecule has 0 aliphatic carbocycles. The zero-order chi connectivity index (χ0) is 21.0. The molecule has 1 aliphatic rings. The van der Waals surface area contributed by atoms with E-state index in [0.717, 1.165) is 12.8 Å². The quantitative estimate of drug-likeness (QED) is 0.777. The molecule has 0 radical (unpaired) electrons. The van der Waals surface area contributed by atoms with E-state index in [1.807, 2.05) is 0 Å². The minimum Gasteiger partial charge on any atom is -0.497 e. The highest BCUT2D eigenvalue weighted by Crippen LogP contribution is 2.29. The summed E-state index contributed by atoms with van der Waals surface area (Å²) >= 11 is 0. The van der Waals surface area contributed by atoms with E-state index < -0.39 is 10.0 Å². The highest BCUT2D eigenvalue weighted by Gasteiger charge is 2.28. The summed E-state index contributed by atoms with van der Waals surface area (Å²) in [6.07, 6.45) is 1.73. The standard InChI is InChI=1S/C21H26N2O5S/c1-15-10-12-23(13-11-15)29(25,26)18-7-4-16(5-8-18)21(24)22-19-14-17(27-2)6-9-20(19)28-3/h4-9,14-15H,10-13H2,1-3H3,(H,22,24). The third-order valence-corrected chi connectivity index (χ3v) is 7.06. The average Bonchev–Trinajstić information content (AvgIpc) is 2.74. The van der Waals surface area contributed by atoms with Crippen LogP contribution in [0.5, 0.6) is 11.5 Å². The second-order valence-electron chi connectivity index (χ2n) is 7.13. The Labute approximate surface area is 171 Å². The largest absolute Gasteiger partial charge is 0.497 e. The summed E-state index contributed by atoms with van der Waals surface area (Å²) in [5.41, 5.74) is 0.817. The molecule has 2 aromatic carbocycles. The van der Waals surface area contributed by atoms with Crippen molar-refractivity contribution in [1.82, 2.24) is 4.31 Å². The van der Waals surface area contributed by atoms with Gasteiger partial charge in [0.25, 0.3) is 5.91 Å². The van der Waals surface area contributed by atoms with Crippen molar-refractivity contribution in [3.05, 3.63) is 48.0 Å². The van der Waals surface area contributed by atoms with Crippen LogP contribution in [0.15, 0.2) is 47.4 Å². The molecule has 1 fully saturated rings. The molecule has 3 rings (SSSR count). The first-order chi connectivity index (χ1) is 13.8. The van der Waals surface area contributed by atoms with Crippen molar-refractivity contribution in [2.75, 3.05) is 32.6 Å². The van der Waals surface area contributed by atoms with Crippen LogP contribution in [-0.4, -0.2) is 45.9 Å². The van der Waals surface area contributed by atoms with E-state index in [2.05, 4.69) is 12.2 Å². The molecule has 1 amide bonds. The van der Waals surface area contributed by atoms with Crippen molar-refractivity contribution in [1.29, 1.82) is 0 Å². The maximum atomic E-state index is 12.8. The van der Waals surface area contributed by atoms with E-state index in [4.69, 9.17) is 9.47 Å². The van der Waals surface area contributed by atoms with Crippen LogP contribution in [0.1, 0.15) is 30.1 Å². The Morgan fingerprint density at radius 1 is 1.03 bits per heavy atom. The van der Waals surface area contributed by atoms with E-state index in [1.54, 1.807) is 18.2 Å². The zero-order valence-corrected chi connectivity index (χ0v) is 17.7. The number of anilines is 1. The van der Waals surface area contributed by atoms with Crippen LogP contribution in [0.4, 0.5) is 5.69 Å². The molecule has 156 valence electrons. The summed E-state index contributed by atoms with van der Waals surface area (Å²) in [5.74, 6) is 1.25. The molecule has 0 unspecified atom stereocenters. The van der Waals surface area contributed by atoms with Gasteiger partial charge in [-0.15, -0.1) is 0 Å². The maximum Gasteiger partial charge on any atom is 0.255 e. The van der Waals surface area contributed by atoms with Crippen LogP contribution < -0.4 is 14.8 Å². The number of nitrogens with zero attached hydrogens (tertiary/aromatic N) is 1. The van der Waals surface area contributed by atoms with Gasteiger partial charge in [-0.2, -0.15) is 4.31 Å². The van der Waals surface area contributed by atoms with E-state index in [-0.39, 0.29) is 10.8 Å². The molecule has 0 saturated carbocycles. The topological polar surface area (TPSA) is 84.9 Å². The molecule has 1 aliphatic heterocycles. The van der Waals surface area contributed by atoms with Gasteiger partial charge in [0, 0.05) is 24.7 Å². The number of hydrogen-bond donors (Lipinski definition) is 1. The highest BCUT2D eigenvalue weighted by molar-refractivity contribution is 7.89. The minimum atomic E-state index is -3.54. The van der Waals surface area contributed by atoms with Crippen molar-refractivity contribution in [3.8, 4) is 11.5 Å². The van der Waals surface area contributed by atoms with Crippen molar-refractivity contribution in [2.45, 2.75) is 24.7 Å². The lowest BCUT2D eigenvalue weighted by atomic mass is 10.0. The summed E-state index contributed by atoms with van der Waals surface area (Å²) in [4.78, 5) is 12.8. The summed E-state index contributed by atoms with van der Waals surface area (Å²) in [6.45, 7) is 3.19.